The lowest BCUT2D eigenvalue weighted by atomic mass is 9.41. The molecule has 0 bridgehead atoms. The van der Waals surface area contributed by atoms with E-state index in [2.05, 4.69) is 33.8 Å². The fourth-order valence-corrected chi connectivity index (χ4v) is 8.67. The number of carbonyl (C=O) groups is 1. The molecule has 0 radical (unpaired) electrons. The van der Waals surface area contributed by atoms with Crippen molar-refractivity contribution in [3.63, 3.8) is 0 Å². The summed E-state index contributed by atoms with van der Waals surface area (Å²) in [5.74, 6) is 1.87. The van der Waals surface area contributed by atoms with Crippen molar-refractivity contribution in [1.82, 2.24) is 0 Å². The van der Waals surface area contributed by atoms with Gasteiger partial charge in [-0.1, -0.05) is 27.7 Å². The molecule has 0 saturated heterocycles. The van der Waals surface area contributed by atoms with Gasteiger partial charge in [0.2, 0.25) is 0 Å². The van der Waals surface area contributed by atoms with Crippen molar-refractivity contribution in [2.24, 2.45) is 40.4 Å². The Morgan fingerprint density at radius 1 is 1.07 bits per heavy atom. The molecule has 4 saturated carbocycles. The molecular weight excluding hydrogens is 350 g/mol. The maximum Gasteiger partial charge on any atom is 0.135 e. The molecule has 0 amide bonds. The summed E-state index contributed by atoms with van der Waals surface area (Å²) in [6.07, 6.45) is 6.62. The standard InChI is InChI=1S/C24H37NO3/c1-15-12-18-19(21(3)9-6-17(26)14-24(15,21)28)7-10-22(4)20(18)13-16(2)23(22,27)8-5-11-25/h15-16,18-20,27-28H,5-10,12-14H2,1-4H3/t15?,16?,18?,19?,20?,21-,22+,23+,24-/m1/s1. The average molecular weight is 388 g/mol. The Hall–Kier alpha value is -0.920. The predicted octanol–water partition coefficient (Wildman–Crippen LogP) is 4.24. The number of carbonyl (C=O) groups excluding carboxylic acids is 1. The van der Waals surface area contributed by atoms with Crippen LogP contribution >= 0.6 is 0 Å². The van der Waals surface area contributed by atoms with Gasteiger partial charge in [-0.05, 0) is 73.5 Å². The van der Waals surface area contributed by atoms with Gasteiger partial charge in [-0.3, -0.25) is 4.79 Å². The molecular formula is C24H37NO3. The smallest absolute Gasteiger partial charge is 0.135 e. The van der Waals surface area contributed by atoms with Gasteiger partial charge in [-0.15, -0.1) is 0 Å². The van der Waals surface area contributed by atoms with Crippen LogP contribution < -0.4 is 0 Å². The summed E-state index contributed by atoms with van der Waals surface area (Å²) < 4.78 is 0. The predicted molar refractivity (Wildman–Crippen MR) is 107 cm³/mol. The van der Waals surface area contributed by atoms with E-state index < -0.39 is 11.2 Å². The molecule has 0 aromatic carbocycles. The quantitative estimate of drug-likeness (QED) is 0.742. The van der Waals surface area contributed by atoms with Crippen LogP contribution in [0.1, 0.15) is 85.5 Å². The lowest BCUT2D eigenvalue weighted by molar-refractivity contribution is -0.234. The van der Waals surface area contributed by atoms with E-state index in [0.717, 1.165) is 32.1 Å². The highest BCUT2D eigenvalue weighted by Gasteiger charge is 2.69. The first-order chi connectivity index (χ1) is 13.0. The van der Waals surface area contributed by atoms with Crippen molar-refractivity contribution in [1.29, 1.82) is 5.26 Å². The average Bonchev–Trinajstić information content (AvgIpc) is 2.84. The minimum Gasteiger partial charge on any atom is -0.389 e. The van der Waals surface area contributed by atoms with Gasteiger partial charge >= 0.3 is 0 Å². The van der Waals surface area contributed by atoms with Crippen LogP contribution in [0.5, 0.6) is 0 Å². The summed E-state index contributed by atoms with van der Waals surface area (Å²) in [4.78, 5) is 12.2. The molecule has 28 heavy (non-hydrogen) atoms. The largest absolute Gasteiger partial charge is 0.389 e. The van der Waals surface area contributed by atoms with Crippen molar-refractivity contribution in [2.45, 2.75) is 96.7 Å². The number of ketones is 1. The van der Waals surface area contributed by atoms with Crippen LogP contribution in [0, 0.1) is 51.8 Å². The highest BCUT2D eigenvalue weighted by Crippen LogP contribution is 2.71. The summed E-state index contributed by atoms with van der Waals surface area (Å²) in [5.41, 5.74) is -2.00. The lowest BCUT2D eigenvalue weighted by Gasteiger charge is -2.65. The van der Waals surface area contributed by atoms with Crippen LogP contribution in [0.25, 0.3) is 0 Å². The van der Waals surface area contributed by atoms with Crippen molar-refractivity contribution < 1.29 is 15.0 Å². The molecule has 0 aromatic rings. The molecule has 2 N–H and O–H groups in total. The number of nitriles is 1. The minimum absolute atomic E-state index is 0.105. The third kappa shape index (κ3) is 2.33. The second-order valence-corrected chi connectivity index (χ2v) is 11.2. The zero-order valence-electron chi connectivity index (χ0n) is 18.0. The maximum atomic E-state index is 12.2. The van der Waals surface area contributed by atoms with Gasteiger partial charge in [0.15, 0.2) is 0 Å². The number of hydrogen-bond acceptors (Lipinski definition) is 4. The summed E-state index contributed by atoms with van der Waals surface area (Å²) in [6, 6.07) is 2.24. The van der Waals surface area contributed by atoms with E-state index in [1.807, 2.05) is 0 Å². The molecule has 0 aromatic heterocycles. The summed E-state index contributed by atoms with van der Waals surface area (Å²) in [6.45, 7) is 8.82. The topological polar surface area (TPSA) is 81.3 Å². The Morgan fingerprint density at radius 2 is 1.79 bits per heavy atom. The second kappa shape index (κ2) is 6.29. The first kappa shape index (κ1) is 20.4. The number of nitrogens with zero attached hydrogens (tertiary/aromatic N) is 1. The van der Waals surface area contributed by atoms with E-state index in [4.69, 9.17) is 5.26 Å². The van der Waals surface area contributed by atoms with E-state index in [1.165, 1.54) is 0 Å². The highest BCUT2D eigenvalue weighted by molar-refractivity contribution is 5.81. The maximum absolute atomic E-state index is 12.2. The third-order valence-electron chi connectivity index (χ3n) is 10.5. The van der Waals surface area contributed by atoms with Gasteiger partial charge in [0.1, 0.15) is 5.78 Å². The van der Waals surface area contributed by atoms with Crippen molar-refractivity contribution in [3.05, 3.63) is 0 Å². The zero-order chi connectivity index (χ0) is 20.5. The second-order valence-electron chi connectivity index (χ2n) is 11.2. The van der Waals surface area contributed by atoms with Gasteiger partial charge in [0.05, 0.1) is 17.3 Å². The van der Waals surface area contributed by atoms with Gasteiger partial charge in [-0.25, -0.2) is 0 Å². The van der Waals surface area contributed by atoms with E-state index in [9.17, 15) is 15.0 Å². The van der Waals surface area contributed by atoms with Gasteiger partial charge in [0, 0.05) is 24.7 Å². The zero-order valence-corrected chi connectivity index (χ0v) is 18.0. The molecule has 4 aliphatic carbocycles. The Balaban J connectivity index is 1.70. The van der Waals surface area contributed by atoms with Gasteiger partial charge in [-0.2, -0.15) is 5.26 Å². The number of Topliss-reactive ketones (excluding diaryl/α,β-unsaturated/α-hetero) is 1. The van der Waals surface area contributed by atoms with Crippen molar-refractivity contribution in [3.8, 4) is 6.07 Å². The summed E-state index contributed by atoms with van der Waals surface area (Å²) >= 11 is 0. The normalized spacial score (nSPS) is 55.8. The number of aliphatic hydroxyl groups is 2. The molecule has 156 valence electrons. The van der Waals surface area contributed by atoms with Crippen LogP contribution in [0.2, 0.25) is 0 Å². The summed E-state index contributed by atoms with van der Waals surface area (Å²) in [5, 5.41) is 32.6. The SMILES string of the molecule is CC1CC2C3CC(C)[C@@](O)(CCC#N)[C@@]3(C)CCC2[C@@]2(C)CCC(=O)C[C@@]12O. The first-order valence-corrected chi connectivity index (χ1v) is 11.4. The van der Waals surface area contributed by atoms with Crippen LogP contribution in [0.3, 0.4) is 0 Å². The van der Waals surface area contributed by atoms with Crippen molar-refractivity contribution in [2.75, 3.05) is 0 Å². The summed E-state index contributed by atoms with van der Waals surface area (Å²) in [7, 11) is 0. The van der Waals surface area contributed by atoms with Gasteiger partial charge < -0.3 is 10.2 Å². The highest BCUT2D eigenvalue weighted by atomic mass is 16.3. The molecule has 4 rings (SSSR count). The Labute approximate surface area is 169 Å². The van der Waals surface area contributed by atoms with Crippen LogP contribution in [0.4, 0.5) is 0 Å². The van der Waals surface area contributed by atoms with E-state index in [1.54, 1.807) is 0 Å². The third-order valence-corrected chi connectivity index (χ3v) is 10.5. The number of fused-ring (bicyclic) bond motifs is 5. The van der Waals surface area contributed by atoms with Gasteiger partial charge in [0.25, 0.3) is 0 Å². The molecule has 9 atom stereocenters. The molecule has 4 nitrogen and oxygen atoms in total. The fourth-order valence-electron chi connectivity index (χ4n) is 8.67. The Morgan fingerprint density at radius 3 is 2.46 bits per heavy atom. The number of rotatable bonds is 2. The molecule has 0 aliphatic heterocycles. The van der Waals surface area contributed by atoms with E-state index >= 15 is 0 Å². The first-order valence-electron chi connectivity index (χ1n) is 11.4. The monoisotopic (exact) mass is 387 g/mol. The lowest BCUT2D eigenvalue weighted by Crippen LogP contribution is -2.66. The molecule has 4 heteroatoms. The molecule has 0 heterocycles. The van der Waals surface area contributed by atoms with Crippen LogP contribution in [-0.4, -0.2) is 27.2 Å². The van der Waals surface area contributed by atoms with E-state index in [-0.39, 0.29) is 28.4 Å². The Kier molecular flexibility index (Phi) is 4.57. The minimum atomic E-state index is -0.876. The molecule has 4 fully saturated rings. The molecule has 4 aliphatic rings. The Bertz CT molecular complexity index is 715. The van der Waals surface area contributed by atoms with Crippen molar-refractivity contribution >= 4 is 5.78 Å². The molecule has 5 unspecified atom stereocenters. The molecule has 0 spiro atoms. The fraction of sp³-hybridized carbons (Fsp3) is 0.917. The van der Waals surface area contributed by atoms with E-state index in [0.29, 0.717) is 43.4 Å². The van der Waals surface area contributed by atoms with Crippen LogP contribution in [0.15, 0.2) is 0 Å². The number of hydrogen-bond donors (Lipinski definition) is 2. The van der Waals surface area contributed by atoms with Crippen LogP contribution in [-0.2, 0) is 4.79 Å².